The number of anilines is 3. The third kappa shape index (κ3) is 4.53. The first kappa shape index (κ1) is 23.0. The van der Waals surface area contributed by atoms with Crippen LogP contribution in [0.2, 0.25) is 5.02 Å². The molecule has 0 aliphatic heterocycles. The summed E-state index contributed by atoms with van der Waals surface area (Å²) >= 11 is 6.96. The van der Waals surface area contributed by atoms with Gasteiger partial charge in [-0.25, -0.2) is 8.42 Å². The number of rotatable bonds is 6. The number of hydrogen-bond acceptors (Lipinski definition) is 6. The fraction of sp³-hybridized carbons (Fsp3) is 0.0800. The van der Waals surface area contributed by atoms with Crippen LogP contribution in [0.15, 0.2) is 82.6 Å². The van der Waals surface area contributed by atoms with Gasteiger partial charge in [0, 0.05) is 16.3 Å². The monoisotopic (exact) mass is 496 g/mol. The summed E-state index contributed by atoms with van der Waals surface area (Å²) in [7, 11) is -3.99. The van der Waals surface area contributed by atoms with E-state index in [1.165, 1.54) is 12.1 Å². The fourth-order valence-corrected chi connectivity index (χ4v) is 6.43. The molecule has 0 bridgehead atoms. The number of sulfone groups is 1. The van der Waals surface area contributed by atoms with Crippen molar-refractivity contribution in [1.29, 1.82) is 0 Å². The summed E-state index contributed by atoms with van der Waals surface area (Å²) < 4.78 is 27.1. The Kier molecular flexibility index (Phi) is 6.30. The number of benzene rings is 3. The summed E-state index contributed by atoms with van der Waals surface area (Å²) in [4.78, 5) is 13.4. The molecule has 0 aliphatic carbocycles. The Hall–Kier alpha value is -3.13. The van der Waals surface area contributed by atoms with Crippen molar-refractivity contribution in [2.75, 3.05) is 11.1 Å². The van der Waals surface area contributed by atoms with Crippen LogP contribution in [-0.4, -0.2) is 14.2 Å². The van der Waals surface area contributed by atoms with Gasteiger partial charge in [-0.15, -0.1) is 11.3 Å². The van der Waals surface area contributed by atoms with Crippen LogP contribution in [0.25, 0.3) is 0 Å². The Labute approximate surface area is 201 Å². The molecule has 8 heteroatoms. The van der Waals surface area contributed by atoms with Gasteiger partial charge in [-0.3, -0.25) is 4.79 Å². The summed E-state index contributed by atoms with van der Waals surface area (Å²) in [6, 6.07) is 20.2. The molecule has 4 aromatic rings. The first-order valence-electron chi connectivity index (χ1n) is 10.1. The number of halogens is 1. The van der Waals surface area contributed by atoms with Crippen molar-refractivity contribution in [3.05, 3.63) is 99.4 Å². The van der Waals surface area contributed by atoms with Crippen LogP contribution in [0, 0.1) is 13.8 Å². The quantitative estimate of drug-likeness (QED) is 0.301. The minimum atomic E-state index is -3.99. The molecular formula is C25H21ClN2O3S2. The van der Waals surface area contributed by atoms with Gasteiger partial charge in [0.25, 0.3) is 0 Å². The summed E-state index contributed by atoms with van der Waals surface area (Å²) in [6.45, 7) is 3.97. The maximum absolute atomic E-state index is 13.6. The molecule has 168 valence electrons. The topological polar surface area (TPSA) is 89.3 Å². The van der Waals surface area contributed by atoms with Crippen molar-refractivity contribution in [3.8, 4) is 0 Å². The number of carbonyl (C=O) groups excluding carboxylic acids is 1. The molecule has 0 amide bonds. The van der Waals surface area contributed by atoms with Gasteiger partial charge >= 0.3 is 0 Å². The van der Waals surface area contributed by atoms with E-state index in [0.717, 1.165) is 22.5 Å². The predicted octanol–water partition coefficient (Wildman–Crippen LogP) is 6.41. The number of hydrogen-bond donors (Lipinski definition) is 2. The number of thiophene rings is 1. The second-order valence-electron chi connectivity index (χ2n) is 7.58. The normalized spacial score (nSPS) is 11.4. The summed E-state index contributed by atoms with van der Waals surface area (Å²) in [6.07, 6.45) is 0. The zero-order valence-electron chi connectivity index (χ0n) is 17.9. The van der Waals surface area contributed by atoms with Gasteiger partial charge in [0.2, 0.25) is 15.6 Å². The van der Waals surface area contributed by atoms with E-state index in [0.29, 0.717) is 16.3 Å². The predicted molar refractivity (Wildman–Crippen MR) is 135 cm³/mol. The Morgan fingerprint density at radius 2 is 1.61 bits per heavy atom. The molecule has 1 aromatic heterocycles. The maximum Gasteiger partial charge on any atom is 0.211 e. The first-order valence-corrected chi connectivity index (χ1v) is 12.7. The van der Waals surface area contributed by atoms with Crippen LogP contribution in [0.1, 0.15) is 26.4 Å². The van der Waals surface area contributed by atoms with Gasteiger partial charge in [0.1, 0.15) is 14.8 Å². The largest absolute Gasteiger partial charge is 0.396 e. The lowest BCUT2D eigenvalue weighted by atomic mass is 10.1. The molecule has 0 saturated heterocycles. The molecular weight excluding hydrogens is 476 g/mol. The van der Waals surface area contributed by atoms with E-state index >= 15 is 0 Å². The second kappa shape index (κ2) is 9.02. The van der Waals surface area contributed by atoms with E-state index in [-0.39, 0.29) is 31.1 Å². The molecule has 0 radical (unpaired) electrons. The lowest BCUT2D eigenvalue weighted by Crippen LogP contribution is -2.08. The molecule has 3 N–H and O–H groups in total. The average Bonchev–Trinajstić information content (AvgIpc) is 3.13. The van der Waals surface area contributed by atoms with Crippen LogP contribution in [0.4, 0.5) is 16.4 Å². The SMILES string of the molecule is Cc1ccc(Nc2sc(C(=O)c3ccc(Cl)cc3)c(N)c2S(=O)(=O)c2ccccc2)cc1C. The molecule has 33 heavy (non-hydrogen) atoms. The van der Waals surface area contributed by atoms with Gasteiger partial charge in [-0.1, -0.05) is 35.9 Å². The molecule has 0 saturated carbocycles. The molecule has 0 unspecified atom stereocenters. The highest BCUT2D eigenvalue weighted by Crippen LogP contribution is 2.44. The van der Waals surface area contributed by atoms with Crippen molar-refractivity contribution < 1.29 is 13.2 Å². The van der Waals surface area contributed by atoms with Crippen LogP contribution < -0.4 is 11.1 Å². The molecule has 4 rings (SSSR count). The maximum atomic E-state index is 13.6. The smallest absolute Gasteiger partial charge is 0.211 e. The number of nitrogens with two attached hydrogens (primary N) is 1. The number of ketones is 1. The molecule has 0 fully saturated rings. The third-order valence-corrected chi connectivity index (χ3v) is 8.65. The van der Waals surface area contributed by atoms with E-state index in [4.69, 9.17) is 17.3 Å². The van der Waals surface area contributed by atoms with E-state index in [1.807, 2.05) is 32.0 Å². The zero-order valence-corrected chi connectivity index (χ0v) is 20.3. The van der Waals surface area contributed by atoms with E-state index < -0.39 is 9.84 Å². The number of aryl methyl sites for hydroxylation is 2. The highest BCUT2D eigenvalue weighted by Gasteiger charge is 2.31. The Balaban J connectivity index is 1.88. The fourth-order valence-electron chi connectivity index (χ4n) is 3.35. The van der Waals surface area contributed by atoms with Crippen LogP contribution >= 0.6 is 22.9 Å². The number of carbonyl (C=O) groups is 1. The van der Waals surface area contributed by atoms with Crippen LogP contribution in [0.3, 0.4) is 0 Å². The Bertz CT molecular complexity index is 1450. The van der Waals surface area contributed by atoms with Crippen molar-refractivity contribution in [3.63, 3.8) is 0 Å². The highest BCUT2D eigenvalue weighted by atomic mass is 35.5. The summed E-state index contributed by atoms with van der Waals surface area (Å²) in [5, 5.41) is 3.96. The first-order chi connectivity index (χ1) is 15.7. The molecule has 1 heterocycles. The molecule has 3 aromatic carbocycles. The highest BCUT2D eigenvalue weighted by molar-refractivity contribution is 7.92. The molecule has 5 nitrogen and oxygen atoms in total. The number of nitrogen functional groups attached to an aromatic ring is 1. The molecule has 0 spiro atoms. The van der Waals surface area contributed by atoms with Crippen molar-refractivity contribution >= 4 is 54.9 Å². The van der Waals surface area contributed by atoms with Crippen LogP contribution in [-0.2, 0) is 9.84 Å². The van der Waals surface area contributed by atoms with Gasteiger partial charge < -0.3 is 11.1 Å². The number of nitrogens with one attached hydrogen (secondary N) is 1. The van der Waals surface area contributed by atoms with Gasteiger partial charge in [0.15, 0.2) is 0 Å². The average molecular weight is 497 g/mol. The van der Waals surface area contributed by atoms with Gasteiger partial charge in [0.05, 0.1) is 10.6 Å². The summed E-state index contributed by atoms with van der Waals surface area (Å²) in [5.74, 6) is -0.369. The minimum absolute atomic E-state index is 0.0739. The lowest BCUT2D eigenvalue weighted by molar-refractivity contribution is 0.104. The standard InChI is InChI=1S/C25H21ClN2O3S2/c1-15-8-13-19(14-16(15)2)28-25-24(33(30,31)20-6-4-3-5-7-20)21(27)23(32-25)22(29)17-9-11-18(26)12-10-17/h3-14,28H,27H2,1-2H3. The second-order valence-corrected chi connectivity index (χ2v) is 10.9. The Morgan fingerprint density at radius 1 is 0.939 bits per heavy atom. The van der Waals surface area contributed by atoms with E-state index in [9.17, 15) is 13.2 Å². The zero-order chi connectivity index (χ0) is 23.8. The van der Waals surface area contributed by atoms with Crippen LogP contribution in [0.5, 0.6) is 0 Å². The van der Waals surface area contributed by atoms with Gasteiger partial charge in [-0.2, -0.15) is 0 Å². The van der Waals surface area contributed by atoms with Crippen molar-refractivity contribution in [2.24, 2.45) is 0 Å². The Morgan fingerprint density at radius 3 is 2.24 bits per heavy atom. The summed E-state index contributed by atoms with van der Waals surface area (Å²) in [5.41, 5.74) is 9.51. The minimum Gasteiger partial charge on any atom is -0.396 e. The van der Waals surface area contributed by atoms with E-state index in [2.05, 4.69) is 5.32 Å². The van der Waals surface area contributed by atoms with Crippen molar-refractivity contribution in [1.82, 2.24) is 0 Å². The lowest BCUT2D eigenvalue weighted by Gasteiger charge is -2.11. The third-order valence-electron chi connectivity index (χ3n) is 5.30. The molecule has 0 aliphatic rings. The van der Waals surface area contributed by atoms with E-state index in [1.54, 1.807) is 42.5 Å². The van der Waals surface area contributed by atoms with Gasteiger partial charge in [-0.05, 0) is 73.5 Å². The van der Waals surface area contributed by atoms with Crippen molar-refractivity contribution in [2.45, 2.75) is 23.6 Å². The molecule has 0 atom stereocenters.